The third-order valence-electron chi connectivity index (χ3n) is 4.71. The molecule has 0 aromatic heterocycles. The average molecular weight is 390 g/mol. The van der Waals surface area contributed by atoms with Gasteiger partial charge in [0.2, 0.25) is 0 Å². The summed E-state index contributed by atoms with van der Waals surface area (Å²) >= 11 is 3.44. The van der Waals surface area contributed by atoms with Crippen LogP contribution in [0.25, 0.3) is 0 Å². The minimum Gasteiger partial charge on any atom is -0.480 e. The Morgan fingerprint density at radius 3 is 2.77 bits per heavy atom. The lowest BCUT2D eigenvalue weighted by Gasteiger charge is -2.23. The lowest BCUT2D eigenvalue weighted by Crippen LogP contribution is -2.40. The first kappa shape index (κ1) is 17.6. The van der Waals surface area contributed by atoms with E-state index >= 15 is 0 Å². The van der Waals surface area contributed by atoms with Gasteiger partial charge in [0.15, 0.2) is 6.10 Å². The minimum absolute atomic E-state index is 0. The summed E-state index contributed by atoms with van der Waals surface area (Å²) in [6, 6.07) is 7.85. The normalized spacial score (nSPS) is 28.0. The zero-order valence-corrected chi connectivity index (χ0v) is 15.0. The zero-order chi connectivity index (χ0) is 15.0. The molecule has 1 amide bonds. The number of nitrogens with zero attached hydrogens (tertiary/aromatic N) is 1. The van der Waals surface area contributed by atoms with Crippen molar-refractivity contribution in [3.05, 3.63) is 28.7 Å². The standard InChI is InChI=1S/C16H21BrN2O2.ClH/c1-10(21-15-5-3-2-4-13(15)17)16(20)19-8-11-6-7-14(18)12(11)9-19;/h2-5,10-12,14H,6-9,18H2,1H3;1H. The number of carbonyl (C=O) groups excluding carboxylic acids is 1. The number of fused-ring (bicyclic) bond motifs is 1. The van der Waals surface area contributed by atoms with E-state index in [0.29, 0.717) is 17.6 Å². The van der Waals surface area contributed by atoms with E-state index in [9.17, 15) is 4.79 Å². The summed E-state index contributed by atoms with van der Waals surface area (Å²) in [6.07, 6.45) is 1.77. The highest BCUT2D eigenvalue weighted by Crippen LogP contribution is 2.37. The van der Waals surface area contributed by atoms with Gasteiger partial charge in [0.05, 0.1) is 4.47 Å². The molecular formula is C16H22BrClN2O2. The number of likely N-dealkylation sites (tertiary alicyclic amines) is 1. The number of nitrogens with two attached hydrogens (primary N) is 1. The largest absolute Gasteiger partial charge is 0.480 e. The van der Waals surface area contributed by atoms with Crippen molar-refractivity contribution in [1.82, 2.24) is 4.90 Å². The van der Waals surface area contributed by atoms with Crippen LogP contribution in [-0.4, -0.2) is 36.0 Å². The quantitative estimate of drug-likeness (QED) is 0.865. The van der Waals surface area contributed by atoms with Crippen molar-refractivity contribution in [2.45, 2.75) is 31.9 Å². The van der Waals surface area contributed by atoms with Crippen molar-refractivity contribution in [2.75, 3.05) is 13.1 Å². The van der Waals surface area contributed by atoms with Crippen LogP contribution in [0.3, 0.4) is 0 Å². The Morgan fingerprint density at radius 1 is 1.36 bits per heavy atom. The number of amides is 1. The Balaban J connectivity index is 0.00000176. The maximum absolute atomic E-state index is 12.5. The highest BCUT2D eigenvalue weighted by Gasteiger charge is 2.43. The molecule has 122 valence electrons. The zero-order valence-electron chi connectivity index (χ0n) is 12.6. The van der Waals surface area contributed by atoms with E-state index in [4.69, 9.17) is 10.5 Å². The van der Waals surface area contributed by atoms with Crippen molar-refractivity contribution < 1.29 is 9.53 Å². The van der Waals surface area contributed by atoms with Gasteiger partial charge in [0.25, 0.3) is 5.91 Å². The molecule has 0 radical (unpaired) electrons. The highest BCUT2D eigenvalue weighted by molar-refractivity contribution is 9.10. The Hall–Kier alpha value is -0.780. The average Bonchev–Trinajstić information content (AvgIpc) is 3.03. The molecule has 1 saturated heterocycles. The SMILES string of the molecule is CC(Oc1ccccc1Br)C(=O)N1CC2CCC(N)C2C1.Cl. The number of hydrogen-bond donors (Lipinski definition) is 1. The first-order valence-corrected chi connectivity index (χ1v) is 8.31. The van der Waals surface area contributed by atoms with E-state index in [2.05, 4.69) is 15.9 Å². The summed E-state index contributed by atoms with van der Waals surface area (Å²) in [6.45, 7) is 3.44. The lowest BCUT2D eigenvalue weighted by atomic mass is 9.98. The van der Waals surface area contributed by atoms with E-state index in [0.717, 1.165) is 30.4 Å². The molecule has 4 unspecified atom stereocenters. The number of benzene rings is 1. The van der Waals surface area contributed by atoms with Gasteiger partial charge in [-0.25, -0.2) is 0 Å². The minimum atomic E-state index is -0.473. The van der Waals surface area contributed by atoms with Crippen LogP contribution in [0.2, 0.25) is 0 Å². The fraction of sp³-hybridized carbons (Fsp3) is 0.562. The van der Waals surface area contributed by atoms with Crippen LogP contribution in [0.4, 0.5) is 0 Å². The Morgan fingerprint density at radius 2 is 2.09 bits per heavy atom. The molecule has 0 spiro atoms. The molecule has 4 atom stereocenters. The number of para-hydroxylation sites is 1. The van der Waals surface area contributed by atoms with Crippen molar-refractivity contribution >= 4 is 34.2 Å². The van der Waals surface area contributed by atoms with Crippen molar-refractivity contribution in [3.63, 3.8) is 0 Å². The summed E-state index contributed by atoms with van der Waals surface area (Å²) in [5, 5.41) is 0. The predicted molar refractivity (Wildman–Crippen MR) is 92.2 cm³/mol. The first-order chi connectivity index (χ1) is 10.1. The van der Waals surface area contributed by atoms with Gasteiger partial charge in [-0.1, -0.05) is 12.1 Å². The van der Waals surface area contributed by atoms with Gasteiger partial charge < -0.3 is 15.4 Å². The molecule has 1 saturated carbocycles. The monoisotopic (exact) mass is 388 g/mol. The van der Waals surface area contributed by atoms with Crippen LogP contribution in [0.5, 0.6) is 5.75 Å². The topological polar surface area (TPSA) is 55.6 Å². The van der Waals surface area contributed by atoms with Gasteiger partial charge in [-0.2, -0.15) is 0 Å². The Bertz CT molecular complexity index is 543. The third kappa shape index (κ3) is 3.42. The summed E-state index contributed by atoms with van der Waals surface area (Å²) in [5.74, 6) is 1.83. The second-order valence-corrected chi connectivity index (χ2v) is 6.95. The number of rotatable bonds is 3. The van der Waals surface area contributed by atoms with Gasteiger partial charge in [0.1, 0.15) is 5.75 Å². The predicted octanol–water partition coefficient (Wildman–Crippen LogP) is 2.83. The second-order valence-electron chi connectivity index (χ2n) is 6.10. The second kappa shape index (κ2) is 7.20. The van der Waals surface area contributed by atoms with Crippen LogP contribution >= 0.6 is 28.3 Å². The van der Waals surface area contributed by atoms with Gasteiger partial charge in [-0.15, -0.1) is 12.4 Å². The van der Waals surface area contributed by atoms with Gasteiger partial charge in [0, 0.05) is 19.1 Å². The van der Waals surface area contributed by atoms with E-state index in [1.54, 1.807) is 0 Å². The van der Waals surface area contributed by atoms with Gasteiger partial charge in [-0.3, -0.25) is 4.79 Å². The third-order valence-corrected chi connectivity index (χ3v) is 5.37. The number of ether oxygens (including phenoxy) is 1. The molecule has 22 heavy (non-hydrogen) atoms. The van der Waals surface area contributed by atoms with Gasteiger partial charge in [-0.05, 0) is 59.7 Å². The van der Waals surface area contributed by atoms with Gasteiger partial charge >= 0.3 is 0 Å². The molecule has 3 rings (SSSR count). The Kier molecular flexibility index (Phi) is 5.75. The van der Waals surface area contributed by atoms with Crippen LogP contribution in [0.1, 0.15) is 19.8 Å². The van der Waals surface area contributed by atoms with E-state index in [1.807, 2.05) is 36.1 Å². The molecule has 1 heterocycles. The molecule has 6 heteroatoms. The maximum atomic E-state index is 12.5. The van der Waals surface area contributed by atoms with Crippen molar-refractivity contribution in [3.8, 4) is 5.75 Å². The molecular weight excluding hydrogens is 368 g/mol. The molecule has 4 nitrogen and oxygen atoms in total. The molecule has 1 aromatic rings. The molecule has 1 aliphatic heterocycles. The molecule has 1 aromatic carbocycles. The van der Waals surface area contributed by atoms with E-state index in [-0.39, 0.29) is 24.4 Å². The van der Waals surface area contributed by atoms with E-state index in [1.165, 1.54) is 0 Å². The molecule has 2 fully saturated rings. The molecule has 2 aliphatic rings. The fourth-order valence-electron chi connectivity index (χ4n) is 3.53. The highest BCUT2D eigenvalue weighted by atomic mass is 79.9. The maximum Gasteiger partial charge on any atom is 0.263 e. The Labute approximate surface area is 145 Å². The molecule has 1 aliphatic carbocycles. The summed E-state index contributed by atoms with van der Waals surface area (Å²) in [4.78, 5) is 14.5. The summed E-state index contributed by atoms with van der Waals surface area (Å²) in [5.41, 5.74) is 6.13. The molecule has 0 bridgehead atoms. The lowest BCUT2D eigenvalue weighted by molar-refractivity contribution is -0.137. The summed E-state index contributed by atoms with van der Waals surface area (Å²) < 4.78 is 6.66. The number of hydrogen-bond acceptors (Lipinski definition) is 3. The van der Waals surface area contributed by atoms with Crippen molar-refractivity contribution in [1.29, 1.82) is 0 Å². The smallest absolute Gasteiger partial charge is 0.263 e. The van der Waals surface area contributed by atoms with Crippen LogP contribution in [-0.2, 0) is 4.79 Å². The van der Waals surface area contributed by atoms with Crippen molar-refractivity contribution in [2.24, 2.45) is 17.6 Å². The van der Waals surface area contributed by atoms with E-state index < -0.39 is 6.10 Å². The molecule has 2 N–H and O–H groups in total. The van der Waals surface area contributed by atoms with Crippen LogP contribution < -0.4 is 10.5 Å². The fourth-order valence-corrected chi connectivity index (χ4v) is 3.90. The summed E-state index contributed by atoms with van der Waals surface area (Å²) in [7, 11) is 0. The van der Waals surface area contributed by atoms with Crippen LogP contribution in [0, 0.1) is 11.8 Å². The number of halogens is 2. The van der Waals surface area contributed by atoms with Crippen LogP contribution in [0.15, 0.2) is 28.7 Å². The first-order valence-electron chi connectivity index (χ1n) is 7.52. The number of carbonyl (C=O) groups is 1.